The van der Waals surface area contributed by atoms with Gasteiger partial charge < -0.3 is 4.42 Å². The molecule has 2 aromatic carbocycles. The van der Waals surface area contributed by atoms with Crippen LogP contribution in [0.25, 0.3) is 33.2 Å². The maximum atomic E-state index is 14.6. The van der Waals surface area contributed by atoms with Crippen LogP contribution in [0.2, 0.25) is 0 Å². The quantitative estimate of drug-likeness (QED) is 0.402. The van der Waals surface area contributed by atoms with Gasteiger partial charge in [-0.15, -0.1) is 0 Å². The molecule has 4 rings (SSSR count). The standard InChI is InChI=1S/C24H22FN2O/c1-14-9-10-16-22-15(12-26)7-6-8-20(22)28-23(16)21(14)19-11-17(24(2,3)4)18(25)13-27(19)5/h6-11,13H,1-5H3/q+1. The molecule has 2 aromatic heterocycles. The van der Waals surface area contributed by atoms with E-state index in [-0.39, 0.29) is 11.2 Å². The minimum atomic E-state index is -0.323. The number of benzene rings is 2. The van der Waals surface area contributed by atoms with Crippen molar-refractivity contribution in [1.82, 2.24) is 0 Å². The van der Waals surface area contributed by atoms with E-state index in [0.29, 0.717) is 16.7 Å². The van der Waals surface area contributed by atoms with Gasteiger partial charge in [-0.25, -0.2) is 4.39 Å². The lowest BCUT2D eigenvalue weighted by molar-refractivity contribution is -0.662. The van der Waals surface area contributed by atoms with E-state index in [1.54, 1.807) is 10.6 Å². The molecular weight excluding hydrogens is 351 g/mol. The molecule has 0 amide bonds. The van der Waals surface area contributed by atoms with E-state index >= 15 is 0 Å². The number of hydrogen-bond acceptors (Lipinski definition) is 2. The zero-order valence-electron chi connectivity index (χ0n) is 16.7. The number of hydrogen-bond donors (Lipinski definition) is 0. The summed E-state index contributed by atoms with van der Waals surface area (Å²) in [5, 5.41) is 11.2. The van der Waals surface area contributed by atoms with Crippen LogP contribution in [0.3, 0.4) is 0 Å². The lowest BCUT2D eigenvalue weighted by Crippen LogP contribution is -2.33. The zero-order valence-corrected chi connectivity index (χ0v) is 16.7. The summed E-state index contributed by atoms with van der Waals surface area (Å²) in [6, 6.07) is 13.7. The van der Waals surface area contributed by atoms with Gasteiger partial charge in [0.05, 0.1) is 17.2 Å². The van der Waals surface area contributed by atoms with Gasteiger partial charge in [0.15, 0.2) is 5.82 Å². The van der Waals surface area contributed by atoms with E-state index in [2.05, 4.69) is 6.07 Å². The van der Waals surface area contributed by atoms with Crippen molar-refractivity contribution in [3.05, 3.63) is 65.1 Å². The van der Waals surface area contributed by atoms with Crippen molar-refractivity contribution in [3.8, 4) is 17.3 Å². The molecule has 0 saturated heterocycles. The number of fused-ring (bicyclic) bond motifs is 3. The molecule has 0 radical (unpaired) electrons. The Labute approximate surface area is 163 Å². The van der Waals surface area contributed by atoms with Crippen LogP contribution in [0.1, 0.15) is 37.5 Å². The molecule has 0 spiro atoms. The molecule has 0 aliphatic heterocycles. The van der Waals surface area contributed by atoms with Crippen LogP contribution in [0.4, 0.5) is 4.39 Å². The van der Waals surface area contributed by atoms with Crippen molar-refractivity contribution < 1.29 is 13.4 Å². The maximum absolute atomic E-state index is 14.6. The number of nitriles is 1. The lowest BCUT2D eigenvalue weighted by Gasteiger charge is -2.19. The summed E-state index contributed by atoms with van der Waals surface area (Å²) >= 11 is 0. The second-order valence-corrected chi connectivity index (χ2v) is 8.31. The highest BCUT2D eigenvalue weighted by Gasteiger charge is 2.27. The molecule has 0 N–H and O–H groups in total. The summed E-state index contributed by atoms with van der Waals surface area (Å²) in [6.07, 6.45) is 1.53. The SMILES string of the molecule is Cc1ccc2c(oc3cccc(C#N)c32)c1-c1cc(C(C)(C)C)c(F)c[n+]1C. The van der Waals surface area contributed by atoms with Gasteiger partial charge in [0.2, 0.25) is 11.9 Å². The van der Waals surface area contributed by atoms with Gasteiger partial charge in [-0.05, 0) is 30.0 Å². The van der Waals surface area contributed by atoms with Crippen molar-refractivity contribution in [2.24, 2.45) is 7.05 Å². The van der Waals surface area contributed by atoms with Crippen LogP contribution >= 0.6 is 0 Å². The fourth-order valence-corrected chi connectivity index (χ4v) is 3.84. The third kappa shape index (κ3) is 2.66. The number of nitrogens with zero attached hydrogens (tertiary/aromatic N) is 2. The molecule has 0 bridgehead atoms. The Morgan fingerprint density at radius 2 is 1.89 bits per heavy atom. The van der Waals surface area contributed by atoms with Gasteiger partial charge in [-0.2, -0.15) is 9.83 Å². The summed E-state index contributed by atoms with van der Waals surface area (Å²) in [5.41, 5.74) is 5.17. The topological polar surface area (TPSA) is 40.8 Å². The summed E-state index contributed by atoms with van der Waals surface area (Å²) < 4.78 is 22.7. The summed E-state index contributed by atoms with van der Waals surface area (Å²) in [5.74, 6) is -0.222. The van der Waals surface area contributed by atoms with Crippen LogP contribution in [0.15, 0.2) is 47.0 Å². The molecule has 0 fully saturated rings. The fraction of sp³-hybridized carbons (Fsp3) is 0.250. The molecular formula is C24H22FN2O+. The van der Waals surface area contributed by atoms with E-state index in [1.807, 2.05) is 65.1 Å². The molecule has 0 atom stereocenters. The van der Waals surface area contributed by atoms with Crippen LogP contribution in [-0.2, 0) is 12.5 Å². The molecule has 0 aliphatic carbocycles. The van der Waals surface area contributed by atoms with Crippen molar-refractivity contribution >= 4 is 21.9 Å². The van der Waals surface area contributed by atoms with E-state index in [4.69, 9.17) is 4.42 Å². The first-order valence-electron chi connectivity index (χ1n) is 9.27. The van der Waals surface area contributed by atoms with E-state index < -0.39 is 0 Å². The molecule has 0 saturated carbocycles. The third-order valence-electron chi connectivity index (χ3n) is 5.28. The van der Waals surface area contributed by atoms with E-state index in [0.717, 1.165) is 33.2 Å². The van der Waals surface area contributed by atoms with Gasteiger partial charge in [0.25, 0.3) is 0 Å². The molecule has 140 valence electrons. The van der Waals surface area contributed by atoms with Gasteiger partial charge in [0, 0.05) is 22.4 Å². The van der Waals surface area contributed by atoms with E-state index in [9.17, 15) is 9.65 Å². The fourth-order valence-electron chi connectivity index (χ4n) is 3.84. The number of aryl methyl sites for hydroxylation is 2. The predicted octanol–water partition coefficient (Wildman–Crippen LogP) is 5.69. The first-order valence-corrected chi connectivity index (χ1v) is 9.27. The largest absolute Gasteiger partial charge is 0.455 e. The molecule has 3 nitrogen and oxygen atoms in total. The second-order valence-electron chi connectivity index (χ2n) is 8.31. The van der Waals surface area contributed by atoms with Crippen LogP contribution in [0.5, 0.6) is 0 Å². The molecule has 4 heteroatoms. The summed E-state index contributed by atoms with van der Waals surface area (Å²) in [4.78, 5) is 0. The van der Waals surface area contributed by atoms with Crippen molar-refractivity contribution in [2.75, 3.05) is 0 Å². The maximum Gasteiger partial charge on any atom is 0.216 e. The summed E-state index contributed by atoms with van der Waals surface area (Å²) in [6.45, 7) is 8.03. The number of halogens is 1. The Morgan fingerprint density at radius 3 is 2.57 bits per heavy atom. The second kappa shape index (κ2) is 6.17. The van der Waals surface area contributed by atoms with Gasteiger partial charge in [-0.1, -0.05) is 39.0 Å². The highest BCUT2D eigenvalue weighted by molar-refractivity contribution is 6.11. The van der Waals surface area contributed by atoms with Crippen molar-refractivity contribution in [1.29, 1.82) is 5.26 Å². The minimum Gasteiger partial charge on any atom is -0.455 e. The monoisotopic (exact) mass is 373 g/mol. The molecule has 2 heterocycles. The molecule has 0 aliphatic rings. The lowest BCUT2D eigenvalue weighted by atomic mass is 9.86. The van der Waals surface area contributed by atoms with Crippen LogP contribution in [-0.4, -0.2) is 0 Å². The number of aromatic nitrogens is 1. The number of pyridine rings is 1. The van der Waals surface area contributed by atoms with Crippen LogP contribution in [0, 0.1) is 24.1 Å². The third-order valence-corrected chi connectivity index (χ3v) is 5.28. The highest BCUT2D eigenvalue weighted by Crippen LogP contribution is 2.39. The first-order chi connectivity index (χ1) is 13.2. The summed E-state index contributed by atoms with van der Waals surface area (Å²) in [7, 11) is 1.84. The van der Waals surface area contributed by atoms with Gasteiger partial charge in [-0.3, -0.25) is 0 Å². The average Bonchev–Trinajstić information content (AvgIpc) is 3.00. The molecule has 0 unspecified atom stereocenters. The number of furan rings is 1. The zero-order chi connectivity index (χ0) is 20.2. The Hall–Kier alpha value is -3.19. The van der Waals surface area contributed by atoms with Crippen LogP contribution < -0.4 is 4.57 Å². The highest BCUT2D eigenvalue weighted by atomic mass is 19.1. The Balaban J connectivity index is 2.14. The molecule has 4 aromatic rings. The van der Waals surface area contributed by atoms with Crippen molar-refractivity contribution in [2.45, 2.75) is 33.1 Å². The first kappa shape index (κ1) is 18.2. The minimum absolute atomic E-state index is 0.222. The predicted molar refractivity (Wildman–Crippen MR) is 108 cm³/mol. The van der Waals surface area contributed by atoms with Crippen molar-refractivity contribution in [3.63, 3.8) is 0 Å². The Morgan fingerprint density at radius 1 is 1.14 bits per heavy atom. The molecule has 28 heavy (non-hydrogen) atoms. The average molecular weight is 373 g/mol. The smallest absolute Gasteiger partial charge is 0.216 e. The normalized spacial score (nSPS) is 11.9. The Kier molecular flexibility index (Phi) is 4.01. The van der Waals surface area contributed by atoms with Gasteiger partial charge >= 0.3 is 0 Å². The van der Waals surface area contributed by atoms with E-state index in [1.165, 1.54) is 6.20 Å². The Bertz CT molecular complexity index is 1290. The number of rotatable bonds is 1. The van der Waals surface area contributed by atoms with Gasteiger partial charge in [0.1, 0.15) is 18.2 Å².